The lowest BCUT2D eigenvalue weighted by Gasteiger charge is -2.18. The van der Waals surface area contributed by atoms with Crippen molar-refractivity contribution in [3.8, 4) is 11.1 Å². The number of aromatic nitrogens is 1. The highest BCUT2D eigenvalue weighted by molar-refractivity contribution is 7.18. The number of carbonyl (C=O) groups excluding carboxylic acids is 1. The van der Waals surface area contributed by atoms with Gasteiger partial charge in [0.2, 0.25) is 5.91 Å². The summed E-state index contributed by atoms with van der Waals surface area (Å²) in [4.78, 5) is 29.5. The summed E-state index contributed by atoms with van der Waals surface area (Å²) in [6.45, 7) is 0.851. The topological polar surface area (TPSA) is 45.6 Å². The van der Waals surface area contributed by atoms with E-state index in [0.29, 0.717) is 36.0 Å². The molecule has 0 aliphatic carbocycles. The lowest BCUT2D eigenvalue weighted by molar-refractivity contribution is -0.131. The first-order valence-corrected chi connectivity index (χ1v) is 11.2. The van der Waals surface area contributed by atoms with E-state index in [0.717, 1.165) is 10.3 Å². The monoisotopic (exact) mass is 465 g/mol. The number of rotatable bonds is 5. The van der Waals surface area contributed by atoms with Gasteiger partial charge in [0.25, 0.3) is 5.56 Å². The third kappa shape index (κ3) is 4.37. The Morgan fingerprint density at radius 3 is 2.77 bits per heavy atom. The number of fused-ring (bicyclic) bond motifs is 1. The van der Waals surface area contributed by atoms with Gasteiger partial charge >= 0.3 is 0 Å². The number of carbonyl (C=O) groups is 1. The number of likely N-dealkylation sites (tertiary alicyclic amines) is 1. The van der Waals surface area contributed by atoms with Crippen LogP contribution >= 0.6 is 22.9 Å². The van der Waals surface area contributed by atoms with E-state index in [2.05, 4.69) is 0 Å². The smallest absolute Gasteiger partial charge is 0.260 e. The molecule has 1 saturated heterocycles. The second-order valence-electron chi connectivity index (χ2n) is 8.03. The van der Waals surface area contributed by atoms with Crippen molar-refractivity contribution in [1.82, 2.24) is 14.4 Å². The first-order valence-electron chi connectivity index (χ1n) is 9.90. The maximum Gasteiger partial charge on any atom is 0.260 e. The minimum absolute atomic E-state index is 0.0217. The van der Waals surface area contributed by atoms with Crippen molar-refractivity contribution in [3.05, 3.63) is 56.5 Å². The SMILES string of the molecule is CN(C)Cc1cn(CC(=O)N2CCC(F)C2)c(=O)c2c(-c3ccc(F)c(Cl)c3)csc12. The minimum atomic E-state index is -1.01. The first kappa shape index (κ1) is 21.9. The molecule has 9 heteroatoms. The van der Waals surface area contributed by atoms with Crippen molar-refractivity contribution in [1.29, 1.82) is 0 Å². The average Bonchev–Trinajstić information content (AvgIpc) is 3.34. The number of pyridine rings is 1. The van der Waals surface area contributed by atoms with Gasteiger partial charge in [-0.2, -0.15) is 0 Å². The largest absolute Gasteiger partial charge is 0.338 e. The molecule has 1 aliphatic heterocycles. The Balaban J connectivity index is 1.82. The number of amides is 1. The van der Waals surface area contributed by atoms with Crippen LogP contribution in [0.25, 0.3) is 21.2 Å². The summed E-state index contributed by atoms with van der Waals surface area (Å²) in [6, 6.07) is 4.35. The number of alkyl halides is 1. The molecular weight excluding hydrogens is 444 g/mol. The van der Waals surface area contributed by atoms with Crippen molar-refractivity contribution < 1.29 is 13.6 Å². The zero-order valence-corrected chi connectivity index (χ0v) is 18.8. The molecule has 31 heavy (non-hydrogen) atoms. The standard InChI is InChI=1S/C22H22ClF2N3O2S/c1-26(2)8-14-9-28(11-19(29)27-6-5-15(24)10-27)22(30)20-16(12-31-21(14)20)13-3-4-18(25)17(23)7-13/h3-4,7,9,12,15H,5-6,8,10-11H2,1-2H3. The lowest BCUT2D eigenvalue weighted by Crippen LogP contribution is -2.35. The van der Waals surface area contributed by atoms with Crippen molar-refractivity contribution in [3.63, 3.8) is 0 Å². The molecule has 3 heterocycles. The molecule has 3 aromatic rings. The van der Waals surface area contributed by atoms with E-state index in [1.54, 1.807) is 12.3 Å². The zero-order valence-electron chi connectivity index (χ0n) is 17.2. The number of nitrogens with zero attached hydrogens (tertiary/aromatic N) is 3. The first-order chi connectivity index (χ1) is 14.7. The number of halogens is 3. The van der Waals surface area contributed by atoms with E-state index in [-0.39, 0.29) is 29.6 Å². The van der Waals surface area contributed by atoms with E-state index in [4.69, 9.17) is 11.6 Å². The zero-order chi connectivity index (χ0) is 22.3. The Morgan fingerprint density at radius 1 is 1.35 bits per heavy atom. The van der Waals surface area contributed by atoms with Gasteiger partial charge in [-0.3, -0.25) is 9.59 Å². The van der Waals surface area contributed by atoms with E-state index in [9.17, 15) is 18.4 Å². The maximum atomic E-state index is 13.7. The molecule has 2 aromatic heterocycles. The second kappa shape index (κ2) is 8.68. The van der Waals surface area contributed by atoms with Crippen LogP contribution in [0.5, 0.6) is 0 Å². The van der Waals surface area contributed by atoms with Crippen LogP contribution < -0.4 is 5.56 Å². The number of hydrogen-bond acceptors (Lipinski definition) is 4. The van der Waals surface area contributed by atoms with Gasteiger partial charge in [-0.15, -0.1) is 11.3 Å². The molecule has 4 rings (SSSR count). The lowest BCUT2D eigenvalue weighted by atomic mass is 10.0. The van der Waals surface area contributed by atoms with Crippen LogP contribution in [0.1, 0.15) is 12.0 Å². The van der Waals surface area contributed by atoms with E-state index >= 15 is 0 Å². The van der Waals surface area contributed by atoms with Crippen molar-refractivity contribution in [2.75, 3.05) is 27.2 Å². The van der Waals surface area contributed by atoms with Gasteiger partial charge in [-0.25, -0.2) is 8.78 Å². The molecule has 1 unspecified atom stereocenters. The summed E-state index contributed by atoms with van der Waals surface area (Å²) in [6.07, 6.45) is 1.02. The van der Waals surface area contributed by atoms with Crippen LogP contribution in [-0.4, -0.2) is 53.6 Å². The van der Waals surface area contributed by atoms with Crippen LogP contribution in [0.15, 0.2) is 34.6 Å². The van der Waals surface area contributed by atoms with E-state index < -0.39 is 12.0 Å². The highest BCUT2D eigenvalue weighted by Crippen LogP contribution is 2.35. The molecular formula is C22H22ClF2N3O2S. The number of hydrogen-bond donors (Lipinski definition) is 0. The van der Waals surface area contributed by atoms with Gasteiger partial charge < -0.3 is 14.4 Å². The summed E-state index contributed by atoms with van der Waals surface area (Å²) in [7, 11) is 3.85. The molecule has 5 nitrogen and oxygen atoms in total. The number of benzene rings is 1. The van der Waals surface area contributed by atoms with Gasteiger partial charge in [0.1, 0.15) is 18.5 Å². The summed E-state index contributed by atoms with van der Waals surface area (Å²) in [5, 5.41) is 2.31. The molecule has 0 radical (unpaired) electrons. The van der Waals surface area contributed by atoms with Gasteiger partial charge in [0.05, 0.1) is 17.0 Å². The Bertz CT molecular complexity index is 1210. The van der Waals surface area contributed by atoms with Gasteiger partial charge in [-0.05, 0) is 38.2 Å². The summed E-state index contributed by atoms with van der Waals surface area (Å²) < 4.78 is 29.4. The molecule has 1 amide bonds. The predicted molar refractivity (Wildman–Crippen MR) is 120 cm³/mol. The Hall–Kier alpha value is -2.29. The van der Waals surface area contributed by atoms with Crippen LogP contribution in [-0.2, 0) is 17.9 Å². The summed E-state index contributed by atoms with van der Waals surface area (Å²) in [5.74, 6) is -0.808. The third-order valence-electron chi connectivity index (χ3n) is 5.38. The molecule has 164 valence electrons. The molecule has 1 aromatic carbocycles. The molecule has 0 saturated carbocycles. The molecule has 0 N–H and O–H groups in total. The normalized spacial score (nSPS) is 16.6. The molecule has 0 spiro atoms. The van der Waals surface area contributed by atoms with Crippen LogP contribution in [0, 0.1) is 5.82 Å². The fraction of sp³-hybridized carbons (Fsp3) is 0.364. The van der Waals surface area contributed by atoms with E-state index in [1.807, 2.05) is 24.4 Å². The number of thiophene rings is 1. The fourth-order valence-electron chi connectivity index (χ4n) is 3.89. The van der Waals surface area contributed by atoms with Crippen LogP contribution in [0.3, 0.4) is 0 Å². The molecule has 1 aliphatic rings. The summed E-state index contributed by atoms with van der Waals surface area (Å²) >= 11 is 7.40. The minimum Gasteiger partial charge on any atom is -0.338 e. The average molecular weight is 466 g/mol. The third-order valence-corrected chi connectivity index (χ3v) is 6.72. The van der Waals surface area contributed by atoms with Crippen molar-refractivity contribution in [2.45, 2.75) is 25.7 Å². The van der Waals surface area contributed by atoms with Crippen molar-refractivity contribution >= 4 is 38.9 Å². The maximum absolute atomic E-state index is 13.7. The van der Waals surface area contributed by atoms with Crippen molar-refractivity contribution in [2.24, 2.45) is 0 Å². The second-order valence-corrected chi connectivity index (χ2v) is 9.32. The summed E-state index contributed by atoms with van der Waals surface area (Å²) in [5.41, 5.74) is 1.88. The molecule has 1 fully saturated rings. The van der Waals surface area contributed by atoms with Gasteiger partial charge in [-0.1, -0.05) is 17.7 Å². The van der Waals surface area contributed by atoms with Gasteiger partial charge in [0, 0.05) is 40.5 Å². The highest BCUT2D eigenvalue weighted by atomic mass is 35.5. The quantitative estimate of drug-likeness (QED) is 0.568. The molecule has 0 bridgehead atoms. The van der Waals surface area contributed by atoms with E-state index in [1.165, 1.54) is 32.9 Å². The Labute approximate surface area is 187 Å². The Kier molecular flexibility index (Phi) is 6.14. The van der Waals surface area contributed by atoms with Crippen LogP contribution in [0.4, 0.5) is 8.78 Å². The fourth-order valence-corrected chi connectivity index (χ4v) is 5.15. The predicted octanol–water partition coefficient (Wildman–Crippen LogP) is 4.15. The highest BCUT2D eigenvalue weighted by Gasteiger charge is 2.26. The Morgan fingerprint density at radius 2 is 2.13 bits per heavy atom. The van der Waals surface area contributed by atoms with Gasteiger partial charge in [0.15, 0.2) is 0 Å². The molecule has 1 atom stereocenters. The van der Waals surface area contributed by atoms with Crippen LogP contribution in [0.2, 0.25) is 5.02 Å².